The van der Waals surface area contributed by atoms with Crippen LogP contribution in [0.15, 0.2) is 71.1 Å². The molecule has 1 heterocycles. The molecular weight excluding hydrogens is 787 g/mol. The van der Waals surface area contributed by atoms with Gasteiger partial charge in [0.25, 0.3) is 0 Å². The Bertz CT molecular complexity index is 1570. The molecule has 0 saturated carbocycles. The molecule has 41 heavy (non-hydrogen) atoms. The Morgan fingerprint density at radius 1 is 1.07 bits per heavy atom. The van der Waals surface area contributed by atoms with Crippen molar-refractivity contribution in [2.45, 2.75) is 19.2 Å². The first-order valence-corrected chi connectivity index (χ1v) is 14.7. The first-order valence-electron chi connectivity index (χ1n) is 11.6. The molecule has 0 saturated heterocycles. The highest BCUT2D eigenvalue weighted by molar-refractivity contribution is 14.1. The van der Waals surface area contributed by atoms with E-state index in [-0.39, 0.29) is 24.3 Å². The molecule has 1 amide bonds. The van der Waals surface area contributed by atoms with Gasteiger partial charge in [0.2, 0.25) is 5.91 Å². The number of hydrazone groups is 1. The number of nitrogens with one attached hydrogen (secondary N) is 2. The molecule has 0 radical (unpaired) electrons. The van der Waals surface area contributed by atoms with Gasteiger partial charge in [-0.3, -0.25) is 4.79 Å². The molecule has 0 aliphatic heterocycles. The van der Waals surface area contributed by atoms with Gasteiger partial charge in [-0.2, -0.15) is 18.3 Å². The van der Waals surface area contributed by atoms with Gasteiger partial charge in [0.1, 0.15) is 12.4 Å². The molecule has 8 nitrogen and oxygen atoms in total. The molecule has 4 aromatic rings. The van der Waals surface area contributed by atoms with Crippen LogP contribution in [0, 0.1) is 7.14 Å². The zero-order valence-corrected chi connectivity index (χ0v) is 25.8. The van der Waals surface area contributed by atoms with Crippen LogP contribution >= 0.6 is 56.5 Å². The van der Waals surface area contributed by atoms with Crippen molar-refractivity contribution in [1.29, 1.82) is 0 Å². The van der Waals surface area contributed by atoms with E-state index in [0.717, 1.165) is 30.4 Å². The number of anilines is 2. The van der Waals surface area contributed by atoms with E-state index >= 15 is 0 Å². The van der Waals surface area contributed by atoms with E-state index < -0.39 is 23.6 Å². The van der Waals surface area contributed by atoms with Crippen molar-refractivity contribution in [2.75, 3.05) is 5.32 Å². The lowest BCUT2D eigenvalue weighted by Gasteiger charge is -2.11. The molecule has 0 aliphatic rings. The van der Waals surface area contributed by atoms with E-state index in [4.69, 9.17) is 9.84 Å². The zero-order chi connectivity index (χ0) is 29.6. The number of carbonyl (C=O) groups excluding carboxylic acids is 1. The van der Waals surface area contributed by atoms with Gasteiger partial charge < -0.3 is 15.2 Å². The van der Waals surface area contributed by atoms with Crippen LogP contribution in [-0.4, -0.2) is 28.2 Å². The van der Waals surface area contributed by atoms with Crippen LogP contribution < -0.4 is 15.5 Å². The maximum Gasteiger partial charge on any atom is 0.416 e. The number of amides is 1. The van der Waals surface area contributed by atoms with Gasteiger partial charge in [0, 0.05) is 11.1 Å². The molecule has 0 bridgehead atoms. The number of thiazole rings is 1. The number of hydrogen-bond acceptors (Lipinski definition) is 7. The molecular formula is C27H19F3I2N4O4S. The minimum Gasteiger partial charge on any atom is -0.487 e. The van der Waals surface area contributed by atoms with E-state index in [0.29, 0.717) is 16.6 Å². The predicted octanol–water partition coefficient (Wildman–Crippen LogP) is 7.08. The average Bonchev–Trinajstić information content (AvgIpc) is 3.34. The van der Waals surface area contributed by atoms with Crippen molar-refractivity contribution in [3.05, 3.63) is 101 Å². The van der Waals surface area contributed by atoms with Crippen molar-refractivity contribution >= 4 is 85.4 Å². The van der Waals surface area contributed by atoms with E-state index in [2.05, 4.69) is 66.0 Å². The lowest BCUT2D eigenvalue weighted by molar-refractivity contribution is -0.137. The summed E-state index contributed by atoms with van der Waals surface area (Å²) in [6.07, 6.45) is -3.01. The molecule has 0 atom stereocenters. The van der Waals surface area contributed by atoms with Gasteiger partial charge in [-0.1, -0.05) is 18.2 Å². The predicted molar refractivity (Wildman–Crippen MR) is 166 cm³/mol. The summed E-state index contributed by atoms with van der Waals surface area (Å²) in [7, 11) is 0. The Hall–Kier alpha value is -3.25. The minimum absolute atomic E-state index is 0.0621. The molecule has 4 rings (SSSR count). The minimum atomic E-state index is -4.45. The number of aromatic nitrogens is 1. The molecule has 0 aliphatic carbocycles. The number of carboxylic acids is 1. The molecule has 0 spiro atoms. The van der Waals surface area contributed by atoms with Gasteiger partial charge in [0.15, 0.2) is 5.13 Å². The van der Waals surface area contributed by atoms with Crippen LogP contribution in [0.25, 0.3) is 0 Å². The maximum atomic E-state index is 12.9. The summed E-state index contributed by atoms with van der Waals surface area (Å²) in [6.45, 7) is 0.267. The second kappa shape index (κ2) is 13.6. The summed E-state index contributed by atoms with van der Waals surface area (Å²) >= 11 is 5.45. The van der Waals surface area contributed by atoms with E-state index in [9.17, 15) is 22.8 Å². The summed E-state index contributed by atoms with van der Waals surface area (Å²) < 4.78 is 46.4. The Balaban J connectivity index is 1.29. The standard InChI is InChI=1S/C27H19F3I2N4O4S/c28-27(29,30)18-2-1-3-19(10-18)34-26-35-20(14-41-26)11-23(37)36-33-12-16-8-21(31)24(22(32)9-16)40-13-15-4-6-17(7-5-15)25(38)39/h1-10,12,14H,11,13H2,(H,34,35)(H,36,37)(H,38,39)/b33-12-. The highest BCUT2D eigenvalue weighted by atomic mass is 127. The number of ether oxygens (including phenoxy) is 1. The van der Waals surface area contributed by atoms with Gasteiger partial charge in [0.05, 0.1) is 36.6 Å². The third-order valence-corrected chi connectivity index (χ3v) is 7.75. The summed E-state index contributed by atoms with van der Waals surface area (Å²) in [4.78, 5) is 27.6. The number of nitrogens with zero attached hydrogens (tertiary/aromatic N) is 2. The van der Waals surface area contributed by atoms with E-state index in [1.165, 1.54) is 41.8 Å². The number of aromatic carboxylic acids is 1. The van der Waals surface area contributed by atoms with Crippen LogP contribution in [0.1, 0.15) is 32.7 Å². The number of halogens is 5. The van der Waals surface area contributed by atoms with E-state index in [1.54, 1.807) is 17.5 Å². The molecule has 3 N–H and O–H groups in total. The third kappa shape index (κ3) is 8.87. The third-order valence-electron chi connectivity index (χ3n) is 5.34. The summed E-state index contributed by atoms with van der Waals surface area (Å²) in [5.41, 5.74) is 4.13. The van der Waals surface area contributed by atoms with Crippen LogP contribution in [0.5, 0.6) is 5.75 Å². The lowest BCUT2D eigenvalue weighted by Crippen LogP contribution is -2.20. The largest absolute Gasteiger partial charge is 0.487 e. The molecule has 0 unspecified atom stereocenters. The molecule has 1 aromatic heterocycles. The molecule has 212 valence electrons. The zero-order valence-electron chi connectivity index (χ0n) is 20.7. The molecule has 0 fully saturated rings. The summed E-state index contributed by atoms with van der Waals surface area (Å²) in [5, 5.41) is 17.9. The highest BCUT2D eigenvalue weighted by Crippen LogP contribution is 2.32. The van der Waals surface area contributed by atoms with Crippen molar-refractivity contribution < 1.29 is 32.6 Å². The summed E-state index contributed by atoms with van der Waals surface area (Å²) in [5.74, 6) is -0.722. The number of carboxylic acid groups (broad SMARTS) is 1. The SMILES string of the molecule is O=C(Cc1csc(Nc2cccc(C(F)(F)F)c2)n1)N/N=C\c1cc(I)c(OCc2ccc(C(=O)O)cc2)c(I)c1. The van der Waals surface area contributed by atoms with Gasteiger partial charge >= 0.3 is 12.1 Å². The number of alkyl halides is 3. The van der Waals surface area contributed by atoms with Crippen molar-refractivity contribution in [1.82, 2.24) is 10.4 Å². The Morgan fingerprint density at radius 2 is 1.78 bits per heavy atom. The topological polar surface area (TPSA) is 113 Å². The smallest absolute Gasteiger partial charge is 0.416 e. The second-order valence-corrected chi connectivity index (χ2v) is 11.6. The van der Waals surface area contributed by atoms with Crippen molar-refractivity contribution in [3.63, 3.8) is 0 Å². The fraction of sp³-hybridized carbons (Fsp3) is 0.111. The maximum absolute atomic E-state index is 12.9. The van der Waals surface area contributed by atoms with E-state index in [1.807, 2.05) is 12.1 Å². The first-order chi connectivity index (χ1) is 19.5. The van der Waals surface area contributed by atoms with Crippen LogP contribution in [-0.2, 0) is 24.0 Å². The molecule has 14 heteroatoms. The number of rotatable bonds is 10. The normalized spacial score (nSPS) is 11.4. The van der Waals surface area contributed by atoms with Gasteiger partial charge in [-0.25, -0.2) is 15.2 Å². The first kappa shape index (κ1) is 30.7. The van der Waals surface area contributed by atoms with Gasteiger partial charge in [-0.15, -0.1) is 11.3 Å². The quantitative estimate of drug-likeness (QED) is 0.0898. The van der Waals surface area contributed by atoms with Crippen molar-refractivity contribution in [3.8, 4) is 5.75 Å². The second-order valence-electron chi connectivity index (χ2n) is 8.42. The lowest BCUT2D eigenvalue weighted by atomic mass is 10.1. The average molecular weight is 806 g/mol. The Kier molecular flexibility index (Phi) is 10.2. The molecule has 3 aromatic carbocycles. The number of carbonyl (C=O) groups is 2. The van der Waals surface area contributed by atoms with Crippen LogP contribution in [0.2, 0.25) is 0 Å². The number of benzene rings is 3. The highest BCUT2D eigenvalue weighted by Gasteiger charge is 2.30. The monoisotopic (exact) mass is 806 g/mol. The Labute approximate surface area is 263 Å². The summed E-state index contributed by atoms with van der Waals surface area (Å²) in [6, 6.07) is 14.9. The van der Waals surface area contributed by atoms with Crippen molar-refractivity contribution in [2.24, 2.45) is 5.10 Å². The number of hydrogen-bond donors (Lipinski definition) is 3. The Morgan fingerprint density at radius 3 is 2.44 bits per heavy atom. The fourth-order valence-corrected chi connectivity index (χ4v) is 6.27. The van der Waals surface area contributed by atoms with Crippen LogP contribution in [0.3, 0.4) is 0 Å². The fourth-order valence-electron chi connectivity index (χ4n) is 3.42. The van der Waals surface area contributed by atoms with Gasteiger partial charge in [-0.05, 0) is 98.8 Å². The van der Waals surface area contributed by atoms with Crippen LogP contribution in [0.4, 0.5) is 24.0 Å².